The average Bonchev–Trinajstić information content (AvgIpc) is 3.17. The van der Waals surface area contributed by atoms with Crippen LogP contribution in [0.5, 0.6) is 0 Å². The van der Waals surface area contributed by atoms with E-state index in [1.807, 2.05) is 50.2 Å². The van der Waals surface area contributed by atoms with E-state index in [1.165, 1.54) is 0 Å². The second-order valence-electron chi connectivity index (χ2n) is 5.76. The Labute approximate surface area is 137 Å². The first-order valence-corrected chi connectivity index (χ1v) is 7.60. The number of amides is 1. The number of pyridine rings is 1. The highest BCUT2D eigenvalue weighted by Crippen LogP contribution is 2.17. The van der Waals surface area contributed by atoms with Crippen molar-refractivity contribution in [1.82, 2.24) is 29.6 Å². The molecule has 0 saturated heterocycles. The van der Waals surface area contributed by atoms with Crippen LogP contribution < -0.4 is 5.32 Å². The lowest BCUT2D eigenvalue weighted by Gasteiger charge is -2.01. The molecule has 0 bridgehead atoms. The number of carbonyl (C=O) groups is 1. The number of hydrogen-bond donors (Lipinski definition) is 1. The third-order valence-corrected chi connectivity index (χ3v) is 3.68. The van der Waals surface area contributed by atoms with Gasteiger partial charge in [-0.2, -0.15) is 4.98 Å². The van der Waals surface area contributed by atoms with Crippen molar-refractivity contribution in [2.24, 2.45) is 5.92 Å². The van der Waals surface area contributed by atoms with Crippen LogP contribution in [0.25, 0.3) is 22.4 Å². The zero-order chi connectivity index (χ0) is 16.7. The van der Waals surface area contributed by atoms with Crippen LogP contribution in [-0.4, -0.2) is 35.5 Å². The number of anilines is 1. The molecule has 8 heteroatoms. The van der Waals surface area contributed by atoms with E-state index in [4.69, 9.17) is 0 Å². The molecule has 0 fully saturated rings. The summed E-state index contributed by atoms with van der Waals surface area (Å²) in [7, 11) is 0. The minimum atomic E-state index is -0.131. The number of hydrogen-bond acceptors (Lipinski definition) is 5. The molecule has 0 radical (unpaired) electrons. The lowest BCUT2D eigenvalue weighted by Crippen LogP contribution is -2.18. The molecule has 3 aromatic heterocycles. The molecule has 1 N–H and O–H groups in total. The summed E-state index contributed by atoms with van der Waals surface area (Å²) in [5.74, 6) is 0.0383. The van der Waals surface area contributed by atoms with E-state index >= 15 is 0 Å². The zero-order valence-electron chi connectivity index (χ0n) is 13.2. The summed E-state index contributed by atoms with van der Waals surface area (Å²) >= 11 is 0. The van der Waals surface area contributed by atoms with E-state index in [0.717, 1.165) is 16.7 Å². The van der Waals surface area contributed by atoms with Crippen LogP contribution in [-0.2, 0) is 4.79 Å². The fraction of sp³-hybridized carbons (Fsp3) is 0.188. The SMILES string of the molecule is CC(C)C(=O)Nc1nc2cc(-n3nnc4ccccc43)ccn2n1. The molecule has 0 spiro atoms. The molecule has 8 nitrogen and oxygen atoms in total. The van der Waals surface area contributed by atoms with Crippen molar-refractivity contribution < 1.29 is 4.79 Å². The van der Waals surface area contributed by atoms with Gasteiger partial charge >= 0.3 is 0 Å². The molecular weight excluding hydrogens is 306 g/mol. The molecule has 120 valence electrons. The van der Waals surface area contributed by atoms with E-state index in [2.05, 4.69) is 25.7 Å². The lowest BCUT2D eigenvalue weighted by molar-refractivity contribution is -0.118. The molecule has 3 heterocycles. The number of nitrogens with zero attached hydrogens (tertiary/aromatic N) is 6. The van der Waals surface area contributed by atoms with E-state index in [9.17, 15) is 4.79 Å². The summed E-state index contributed by atoms with van der Waals surface area (Å²) in [5, 5.41) is 15.3. The van der Waals surface area contributed by atoms with E-state index in [1.54, 1.807) is 15.4 Å². The molecule has 0 saturated carbocycles. The van der Waals surface area contributed by atoms with Crippen molar-refractivity contribution in [3.05, 3.63) is 42.6 Å². The molecule has 0 unspecified atom stereocenters. The number of nitrogens with one attached hydrogen (secondary N) is 1. The minimum absolute atomic E-state index is 0.117. The van der Waals surface area contributed by atoms with Crippen LogP contribution in [0.3, 0.4) is 0 Å². The van der Waals surface area contributed by atoms with Gasteiger partial charge in [-0.05, 0) is 18.2 Å². The van der Waals surface area contributed by atoms with Gasteiger partial charge in [0.2, 0.25) is 11.9 Å². The smallest absolute Gasteiger partial charge is 0.249 e. The highest BCUT2D eigenvalue weighted by Gasteiger charge is 2.12. The Bertz CT molecular complexity index is 1050. The van der Waals surface area contributed by atoms with E-state index in [0.29, 0.717) is 5.65 Å². The molecule has 0 atom stereocenters. The molecule has 0 aliphatic heterocycles. The first-order valence-electron chi connectivity index (χ1n) is 7.60. The maximum atomic E-state index is 11.8. The summed E-state index contributed by atoms with van der Waals surface area (Å²) in [6, 6.07) is 11.5. The molecule has 0 aliphatic carbocycles. The van der Waals surface area contributed by atoms with Gasteiger partial charge < -0.3 is 0 Å². The van der Waals surface area contributed by atoms with E-state index < -0.39 is 0 Å². The molecular formula is C16H15N7O. The molecule has 4 aromatic rings. The monoisotopic (exact) mass is 321 g/mol. The fourth-order valence-electron chi connectivity index (χ4n) is 2.37. The van der Waals surface area contributed by atoms with Gasteiger partial charge in [0, 0.05) is 18.2 Å². The van der Waals surface area contributed by atoms with Gasteiger partial charge in [0.25, 0.3) is 0 Å². The number of fused-ring (bicyclic) bond motifs is 2. The summed E-state index contributed by atoms with van der Waals surface area (Å²) in [6.45, 7) is 3.64. The van der Waals surface area contributed by atoms with Gasteiger partial charge in [-0.15, -0.1) is 10.2 Å². The molecule has 1 aromatic carbocycles. The molecule has 0 aliphatic rings. The summed E-state index contributed by atoms with van der Waals surface area (Å²) in [6.07, 6.45) is 1.78. The number of rotatable bonds is 3. The third kappa shape index (κ3) is 2.37. The fourth-order valence-corrected chi connectivity index (χ4v) is 2.37. The average molecular weight is 321 g/mol. The zero-order valence-corrected chi connectivity index (χ0v) is 13.2. The van der Waals surface area contributed by atoms with Crippen molar-refractivity contribution >= 4 is 28.5 Å². The van der Waals surface area contributed by atoms with Crippen LogP contribution in [0, 0.1) is 5.92 Å². The number of benzene rings is 1. The van der Waals surface area contributed by atoms with Crippen LogP contribution in [0.15, 0.2) is 42.6 Å². The normalized spacial score (nSPS) is 11.5. The highest BCUT2D eigenvalue weighted by atomic mass is 16.2. The maximum absolute atomic E-state index is 11.8. The number of carbonyl (C=O) groups excluding carboxylic acids is 1. The summed E-state index contributed by atoms with van der Waals surface area (Å²) in [5.41, 5.74) is 3.18. The van der Waals surface area contributed by atoms with Gasteiger partial charge in [-0.1, -0.05) is 31.2 Å². The molecule has 24 heavy (non-hydrogen) atoms. The Hall–Kier alpha value is -3.29. The highest BCUT2D eigenvalue weighted by molar-refractivity contribution is 5.90. The van der Waals surface area contributed by atoms with Crippen molar-refractivity contribution in [1.29, 1.82) is 0 Å². The predicted octanol–water partition coefficient (Wildman–Crippen LogP) is 2.06. The molecule has 1 amide bonds. The Morgan fingerprint density at radius 3 is 2.88 bits per heavy atom. The maximum Gasteiger partial charge on any atom is 0.249 e. The van der Waals surface area contributed by atoms with Gasteiger partial charge in [-0.25, -0.2) is 9.20 Å². The van der Waals surface area contributed by atoms with Crippen molar-refractivity contribution in [2.45, 2.75) is 13.8 Å². The second kappa shape index (κ2) is 5.41. The van der Waals surface area contributed by atoms with Gasteiger partial charge in [0.15, 0.2) is 5.65 Å². The Morgan fingerprint density at radius 1 is 1.21 bits per heavy atom. The Morgan fingerprint density at radius 2 is 2.04 bits per heavy atom. The van der Waals surface area contributed by atoms with Gasteiger partial charge in [0.05, 0.1) is 11.2 Å². The lowest BCUT2D eigenvalue weighted by atomic mass is 10.2. The second-order valence-corrected chi connectivity index (χ2v) is 5.76. The predicted molar refractivity (Wildman–Crippen MR) is 88.9 cm³/mol. The third-order valence-electron chi connectivity index (χ3n) is 3.68. The topological polar surface area (TPSA) is 90.0 Å². The van der Waals surface area contributed by atoms with E-state index in [-0.39, 0.29) is 17.8 Å². The van der Waals surface area contributed by atoms with Gasteiger partial charge in [-0.3, -0.25) is 10.1 Å². The quantitative estimate of drug-likeness (QED) is 0.624. The number of para-hydroxylation sites is 1. The molecule has 4 rings (SSSR count). The summed E-state index contributed by atoms with van der Waals surface area (Å²) in [4.78, 5) is 16.1. The van der Waals surface area contributed by atoms with Crippen LogP contribution in [0.4, 0.5) is 5.95 Å². The first kappa shape index (κ1) is 14.3. The minimum Gasteiger partial charge on any atom is -0.293 e. The van der Waals surface area contributed by atoms with Crippen LogP contribution in [0.2, 0.25) is 0 Å². The Kier molecular flexibility index (Phi) is 3.23. The standard InChI is InChI=1S/C16H15N7O/c1-10(2)15(24)18-16-17-14-9-11(7-8-22(14)20-16)23-13-6-4-3-5-12(13)19-21-23/h3-10H,1-2H3,(H,18,20,24). The van der Waals surface area contributed by atoms with Gasteiger partial charge in [0.1, 0.15) is 5.52 Å². The Balaban J connectivity index is 1.74. The van der Waals surface area contributed by atoms with Crippen LogP contribution >= 0.6 is 0 Å². The number of aromatic nitrogens is 6. The van der Waals surface area contributed by atoms with Crippen molar-refractivity contribution in [3.63, 3.8) is 0 Å². The summed E-state index contributed by atoms with van der Waals surface area (Å²) < 4.78 is 3.36. The van der Waals surface area contributed by atoms with Crippen molar-refractivity contribution in [2.75, 3.05) is 5.32 Å². The van der Waals surface area contributed by atoms with Crippen molar-refractivity contribution in [3.8, 4) is 5.69 Å². The largest absolute Gasteiger partial charge is 0.293 e. The van der Waals surface area contributed by atoms with Crippen LogP contribution in [0.1, 0.15) is 13.8 Å². The first-order chi connectivity index (χ1) is 11.6.